The summed E-state index contributed by atoms with van der Waals surface area (Å²) in [5.41, 5.74) is 0.0512. The van der Waals surface area contributed by atoms with Crippen LogP contribution in [0.5, 0.6) is 0 Å². The molecule has 1 aliphatic heterocycles. The van der Waals surface area contributed by atoms with Crippen LogP contribution in [0.1, 0.15) is 11.6 Å². The SMILES string of the molecule is COC(=O)C1=C(C(=O)OC)N(c2ccccc2)C(=O)N[C@H]1c1ccc([N+](=O)[O-])cc1. The van der Waals surface area contributed by atoms with Gasteiger partial charge in [0.1, 0.15) is 5.70 Å². The van der Waals surface area contributed by atoms with E-state index >= 15 is 0 Å². The van der Waals surface area contributed by atoms with Gasteiger partial charge in [-0.3, -0.25) is 15.0 Å². The van der Waals surface area contributed by atoms with Crippen LogP contribution in [-0.2, 0) is 19.1 Å². The lowest BCUT2D eigenvalue weighted by Gasteiger charge is -2.35. The first-order valence-corrected chi connectivity index (χ1v) is 8.69. The number of rotatable bonds is 5. The third-order valence-electron chi connectivity index (χ3n) is 4.47. The van der Waals surface area contributed by atoms with E-state index in [0.29, 0.717) is 11.3 Å². The number of ether oxygens (including phenoxy) is 2. The van der Waals surface area contributed by atoms with E-state index in [-0.39, 0.29) is 17.0 Å². The maximum absolute atomic E-state index is 13.0. The number of para-hydroxylation sites is 1. The van der Waals surface area contributed by atoms with Gasteiger partial charge in [-0.05, 0) is 29.8 Å². The number of nitro benzene ring substituents is 1. The van der Waals surface area contributed by atoms with Gasteiger partial charge in [0.15, 0.2) is 0 Å². The number of hydrogen-bond donors (Lipinski definition) is 1. The minimum Gasteiger partial charge on any atom is -0.466 e. The molecule has 0 radical (unpaired) electrons. The summed E-state index contributed by atoms with van der Waals surface area (Å²) in [7, 11) is 2.27. The number of esters is 2. The van der Waals surface area contributed by atoms with Crippen molar-refractivity contribution in [3.8, 4) is 0 Å². The second-order valence-corrected chi connectivity index (χ2v) is 6.15. The summed E-state index contributed by atoms with van der Waals surface area (Å²) >= 11 is 0. The van der Waals surface area contributed by atoms with Crippen molar-refractivity contribution in [3.63, 3.8) is 0 Å². The van der Waals surface area contributed by atoms with E-state index < -0.39 is 28.9 Å². The molecule has 10 heteroatoms. The zero-order chi connectivity index (χ0) is 21.8. The van der Waals surface area contributed by atoms with Crippen molar-refractivity contribution in [2.45, 2.75) is 6.04 Å². The molecule has 0 fully saturated rings. The zero-order valence-corrected chi connectivity index (χ0v) is 16.0. The van der Waals surface area contributed by atoms with Gasteiger partial charge in [0, 0.05) is 12.1 Å². The number of carbonyl (C=O) groups excluding carboxylic acids is 3. The van der Waals surface area contributed by atoms with Gasteiger partial charge >= 0.3 is 18.0 Å². The normalized spacial score (nSPS) is 16.0. The Hall–Kier alpha value is -4.21. The molecule has 2 amide bonds. The molecule has 1 aliphatic rings. The van der Waals surface area contributed by atoms with Gasteiger partial charge in [0.25, 0.3) is 5.69 Å². The minimum atomic E-state index is -1.08. The number of urea groups is 1. The Labute approximate surface area is 170 Å². The van der Waals surface area contributed by atoms with Crippen molar-refractivity contribution < 1.29 is 28.8 Å². The maximum atomic E-state index is 13.0. The standard InChI is InChI=1S/C20H17N3O7/c1-29-18(24)15-16(12-8-10-14(11-9-12)23(27)28)21-20(26)22(17(15)19(25)30-2)13-6-4-3-5-7-13/h3-11,16H,1-2H3,(H,21,26)/t16-/m0/s1. The number of anilines is 1. The molecule has 1 atom stereocenters. The van der Waals surface area contributed by atoms with Gasteiger partial charge in [-0.25, -0.2) is 14.4 Å². The predicted molar refractivity (Wildman–Crippen MR) is 104 cm³/mol. The van der Waals surface area contributed by atoms with E-state index in [4.69, 9.17) is 9.47 Å². The Kier molecular flexibility index (Phi) is 5.77. The van der Waals surface area contributed by atoms with Crippen molar-refractivity contribution in [3.05, 3.63) is 81.5 Å². The molecule has 3 rings (SSSR count). The Balaban J connectivity index is 2.23. The summed E-state index contributed by atoms with van der Waals surface area (Å²) in [5.74, 6) is -1.78. The van der Waals surface area contributed by atoms with Crippen LogP contribution in [-0.4, -0.2) is 37.1 Å². The van der Waals surface area contributed by atoms with E-state index in [1.54, 1.807) is 30.3 Å². The second-order valence-electron chi connectivity index (χ2n) is 6.15. The van der Waals surface area contributed by atoms with Crippen molar-refractivity contribution >= 4 is 29.3 Å². The third kappa shape index (κ3) is 3.70. The third-order valence-corrected chi connectivity index (χ3v) is 4.47. The van der Waals surface area contributed by atoms with Crippen LogP contribution in [0.3, 0.4) is 0 Å². The summed E-state index contributed by atoms with van der Waals surface area (Å²) in [4.78, 5) is 49.6. The Morgan fingerprint density at radius 2 is 1.60 bits per heavy atom. The lowest BCUT2D eigenvalue weighted by Crippen LogP contribution is -2.50. The van der Waals surface area contributed by atoms with Crippen molar-refractivity contribution in [2.75, 3.05) is 19.1 Å². The van der Waals surface area contributed by atoms with Crippen LogP contribution in [0.2, 0.25) is 0 Å². The van der Waals surface area contributed by atoms with Gasteiger partial charge in [-0.15, -0.1) is 0 Å². The molecule has 0 saturated carbocycles. The highest BCUT2D eigenvalue weighted by Crippen LogP contribution is 2.35. The monoisotopic (exact) mass is 411 g/mol. The quantitative estimate of drug-likeness (QED) is 0.455. The number of hydrogen-bond acceptors (Lipinski definition) is 7. The topological polar surface area (TPSA) is 128 Å². The number of nitro groups is 1. The molecule has 10 nitrogen and oxygen atoms in total. The summed E-state index contributed by atoms with van der Waals surface area (Å²) in [6, 6.07) is 11.7. The second kappa shape index (κ2) is 8.43. The molecule has 2 aromatic carbocycles. The molecule has 0 aliphatic carbocycles. The highest BCUT2D eigenvalue weighted by molar-refractivity contribution is 6.13. The number of non-ortho nitro benzene ring substituents is 1. The predicted octanol–water partition coefficient (Wildman–Crippen LogP) is 2.47. The highest BCUT2D eigenvalue weighted by atomic mass is 16.6. The van der Waals surface area contributed by atoms with E-state index in [9.17, 15) is 24.5 Å². The minimum absolute atomic E-state index is 0.163. The molecule has 0 bridgehead atoms. The average Bonchev–Trinajstić information content (AvgIpc) is 2.77. The molecular formula is C20H17N3O7. The highest BCUT2D eigenvalue weighted by Gasteiger charge is 2.42. The largest absolute Gasteiger partial charge is 0.466 e. The van der Waals surface area contributed by atoms with E-state index in [1.807, 2.05) is 0 Å². The van der Waals surface area contributed by atoms with Crippen molar-refractivity contribution in [2.24, 2.45) is 0 Å². The fraction of sp³-hybridized carbons (Fsp3) is 0.150. The van der Waals surface area contributed by atoms with Crippen LogP contribution < -0.4 is 10.2 Å². The summed E-state index contributed by atoms with van der Waals surface area (Å²) in [5, 5.41) is 13.6. The summed E-state index contributed by atoms with van der Waals surface area (Å²) in [6.07, 6.45) is 0. The molecular weight excluding hydrogens is 394 g/mol. The molecule has 2 aromatic rings. The van der Waals surface area contributed by atoms with Crippen LogP contribution in [0.4, 0.5) is 16.2 Å². The van der Waals surface area contributed by atoms with Crippen LogP contribution in [0, 0.1) is 10.1 Å². The van der Waals surface area contributed by atoms with Crippen LogP contribution >= 0.6 is 0 Å². The first kappa shape index (κ1) is 20.5. The maximum Gasteiger partial charge on any atom is 0.355 e. The molecule has 154 valence electrons. The number of nitrogens with one attached hydrogen (secondary N) is 1. The smallest absolute Gasteiger partial charge is 0.355 e. The van der Waals surface area contributed by atoms with Gasteiger partial charge in [0.05, 0.1) is 36.4 Å². The summed E-state index contributed by atoms with van der Waals surface area (Å²) in [6.45, 7) is 0. The fourth-order valence-electron chi connectivity index (χ4n) is 3.10. The van der Waals surface area contributed by atoms with Crippen molar-refractivity contribution in [1.82, 2.24) is 5.32 Å². The zero-order valence-electron chi connectivity index (χ0n) is 16.0. The molecule has 0 unspecified atom stereocenters. The van der Waals surface area contributed by atoms with E-state index in [2.05, 4.69) is 5.32 Å². The molecule has 30 heavy (non-hydrogen) atoms. The van der Waals surface area contributed by atoms with Gasteiger partial charge < -0.3 is 14.8 Å². The van der Waals surface area contributed by atoms with Gasteiger partial charge in [-0.1, -0.05) is 18.2 Å². The Morgan fingerprint density at radius 3 is 2.13 bits per heavy atom. The Morgan fingerprint density at radius 1 is 1.00 bits per heavy atom. The molecule has 1 N–H and O–H groups in total. The van der Waals surface area contributed by atoms with Gasteiger partial charge in [0.2, 0.25) is 0 Å². The summed E-state index contributed by atoms with van der Waals surface area (Å²) < 4.78 is 9.69. The molecule has 0 aromatic heterocycles. The number of benzene rings is 2. The number of methoxy groups -OCH3 is 2. The van der Waals surface area contributed by atoms with E-state index in [0.717, 1.165) is 19.1 Å². The van der Waals surface area contributed by atoms with Crippen molar-refractivity contribution in [1.29, 1.82) is 0 Å². The number of carbonyl (C=O) groups is 3. The van der Waals surface area contributed by atoms with Crippen LogP contribution in [0.15, 0.2) is 65.9 Å². The molecule has 0 saturated heterocycles. The number of nitrogens with zero attached hydrogens (tertiary/aromatic N) is 2. The average molecular weight is 411 g/mol. The lowest BCUT2D eigenvalue weighted by molar-refractivity contribution is -0.384. The lowest BCUT2D eigenvalue weighted by atomic mass is 9.94. The first-order chi connectivity index (χ1) is 14.4. The van der Waals surface area contributed by atoms with Crippen LogP contribution in [0.25, 0.3) is 0 Å². The molecule has 0 spiro atoms. The Bertz CT molecular complexity index is 1030. The van der Waals surface area contributed by atoms with E-state index in [1.165, 1.54) is 24.3 Å². The first-order valence-electron chi connectivity index (χ1n) is 8.69. The fourth-order valence-corrected chi connectivity index (χ4v) is 3.10. The number of amides is 2. The van der Waals surface area contributed by atoms with Gasteiger partial charge in [-0.2, -0.15) is 0 Å². The molecule has 1 heterocycles.